The number of aliphatic hydroxyl groups is 2. The van der Waals surface area contributed by atoms with Crippen LogP contribution in [0.1, 0.15) is 125 Å². The highest BCUT2D eigenvalue weighted by Crippen LogP contribution is 2.57. The topological polar surface area (TPSA) is 154 Å². The Morgan fingerprint density at radius 3 is 2.47 bits per heavy atom. The molecule has 3 spiro atoms. The van der Waals surface area contributed by atoms with Gasteiger partial charge >= 0.3 is 5.97 Å². The largest absolute Gasteiger partial charge is 0.481 e. The highest BCUT2D eigenvalue weighted by molar-refractivity contribution is 5.66. The zero-order chi connectivity index (χ0) is 41.5. The van der Waals surface area contributed by atoms with Crippen LogP contribution in [0.2, 0.25) is 0 Å². The summed E-state index contributed by atoms with van der Waals surface area (Å²) in [7, 11) is 0. The van der Waals surface area contributed by atoms with Gasteiger partial charge in [0.25, 0.3) is 0 Å². The Bertz CT molecular complexity index is 1640. The van der Waals surface area contributed by atoms with Gasteiger partial charge in [-0.15, -0.1) is 0 Å². The molecule has 12 heteroatoms. The van der Waals surface area contributed by atoms with Crippen molar-refractivity contribution in [3.8, 4) is 0 Å². The van der Waals surface area contributed by atoms with Crippen molar-refractivity contribution in [1.82, 2.24) is 5.32 Å². The Kier molecular flexibility index (Phi) is 11.6. The predicted molar refractivity (Wildman–Crippen MR) is 218 cm³/mol. The van der Waals surface area contributed by atoms with Crippen LogP contribution < -0.4 is 5.32 Å². The van der Waals surface area contributed by atoms with E-state index < -0.39 is 53.9 Å². The lowest BCUT2D eigenvalue weighted by Gasteiger charge is -2.53. The van der Waals surface area contributed by atoms with Gasteiger partial charge in [-0.2, -0.15) is 0 Å². The molecule has 1 aliphatic carbocycles. The van der Waals surface area contributed by atoms with E-state index in [1.807, 2.05) is 25.2 Å². The summed E-state index contributed by atoms with van der Waals surface area (Å²) in [4.78, 5) is 10.9. The van der Waals surface area contributed by atoms with Crippen LogP contribution in [0.25, 0.3) is 0 Å². The van der Waals surface area contributed by atoms with E-state index >= 15 is 0 Å². The fourth-order valence-corrected chi connectivity index (χ4v) is 13.1. The average molecular weight is 826 g/mol. The lowest BCUT2D eigenvalue weighted by atomic mass is 9.74. The fourth-order valence-electron chi connectivity index (χ4n) is 13.1. The van der Waals surface area contributed by atoms with E-state index in [2.05, 4.69) is 45.7 Å². The van der Waals surface area contributed by atoms with Gasteiger partial charge in [0.15, 0.2) is 17.4 Å². The number of aliphatic hydroxyl groups excluding tert-OH is 2. The first kappa shape index (κ1) is 42.6. The summed E-state index contributed by atoms with van der Waals surface area (Å²) < 4.78 is 47.6. The molecule has 8 heterocycles. The molecule has 8 fully saturated rings. The molecule has 12 nitrogen and oxygen atoms in total. The van der Waals surface area contributed by atoms with Gasteiger partial charge in [-0.1, -0.05) is 65.5 Å². The standard InChI is InChI=1S/C47H71NO11/c1-26-17-35-33-23-44(29(4)16-27(2)25-48-44)24-40(33)57-46(21-26,56-35)22-28(3)43-31(6)34(49)19-38(54-43)42(52)39-20-37-36(53-39)18-30(5)47(58-37)15-14-45(59-47)13-9-11-32(55-45)10-7-8-12-41(50)51/h7,9-11,26-27,29-40,42-43,48-49,52H,3,8,12-25H2,1-2,4-6H3,(H,50,51)/b10-7+/t26-,27+,29-,30+,31-,32+,33-,34-,35+,36+,37+,38?,39?,40+,42+,43+,44+,45-,46+,47+/m0/s1. The molecule has 9 aliphatic rings. The maximum absolute atomic E-state index is 12.0. The van der Waals surface area contributed by atoms with Crippen LogP contribution in [0.4, 0.5) is 0 Å². The normalized spacial score (nSPS) is 52.3. The molecule has 330 valence electrons. The summed E-state index contributed by atoms with van der Waals surface area (Å²) in [5.74, 6) is -1.31. The molecule has 0 amide bonds. The first-order valence-electron chi connectivity index (χ1n) is 23.1. The van der Waals surface area contributed by atoms with Crippen molar-refractivity contribution in [1.29, 1.82) is 0 Å². The third-order valence-electron chi connectivity index (χ3n) is 16.3. The molecule has 20 atom stereocenters. The van der Waals surface area contributed by atoms with Crippen molar-refractivity contribution in [2.75, 3.05) is 6.54 Å². The smallest absolute Gasteiger partial charge is 0.303 e. The molecular weight excluding hydrogens is 755 g/mol. The zero-order valence-electron chi connectivity index (χ0n) is 36.0. The first-order valence-corrected chi connectivity index (χ1v) is 23.1. The average Bonchev–Trinajstić information content (AvgIpc) is 3.86. The number of piperidine rings is 1. The number of allylic oxidation sites excluding steroid dienone is 1. The first-order chi connectivity index (χ1) is 28.1. The minimum Gasteiger partial charge on any atom is -0.481 e. The van der Waals surface area contributed by atoms with Crippen LogP contribution in [-0.2, 0) is 38.0 Å². The number of rotatable bonds is 9. The van der Waals surface area contributed by atoms with Crippen LogP contribution in [0.15, 0.2) is 36.5 Å². The van der Waals surface area contributed by atoms with E-state index in [1.165, 1.54) is 6.42 Å². The molecule has 2 bridgehead atoms. The number of nitrogens with one attached hydrogen (secondary N) is 1. The maximum Gasteiger partial charge on any atom is 0.303 e. The van der Waals surface area contributed by atoms with Gasteiger partial charge in [0, 0.05) is 74.7 Å². The van der Waals surface area contributed by atoms with Crippen molar-refractivity contribution in [3.05, 3.63) is 36.5 Å². The van der Waals surface area contributed by atoms with Gasteiger partial charge < -0.3 is 53.8 Å². The van der Waals surface area contributed by atoms with E-state index in [9.17, 15) is 15.0 Å². The number of fused-ring (bicyclic) bond motifs is 5. The number of aliphatic carboxylic acids is 1. The molecule has 0 aromatic heterocycles. The van der Waals surface area contributed by atoms with Crippen molar-refractivity contribution in [3.63, 3.8) is 0 Å². The van der Waals surface area contributed by atoms with E-state index in [4.69, 9.17) is 38.3 Å². The summed E-state index contributed by atoms with van der Waals surface area (Å²) in [6.45, 7) is 16.9. The lowest BCUT2D eigenvalue weighted by Crippen LogP contribution is -2.57. The number of carboxylic acids is 1. The Hall–Kier alpha value is -1.71. The van der Waals surface area contributed by atoms with Gasteiger partial charge in [0.2, 0.25) is 0 Å². The number of hydrogen-bond acceptors (Lipinski definition) is 11. The molecule has 2 unspecified atom stereocenters. The van der Waals surface area contributed by atoms with Gasteiger partial charge in [0.05, 0.1) is 54.9 Å². The lowest BCUT2D eigenvalue weighted by molar-refractivity contribution is -0.365. The van der Waals surface area contributed by atoms with Crippen molar-refractivity contribution in [2.45, 2.75) is 208 Å². The van der Waals surface area contributed by atoms with Crippen LogP contribution in [-0.4, -0.2) is 112 Å². The Labute approximate surface area is 350 Å². The second-order valence-electron chi connectivity index (χ2n) is 20.8. The van der Waals surface area contributed by atoms with Crippen molar-refractivity contribution < 1.29 is 53.3 Å². The SMILES string of the molecule is C=C(C[C@]12C[C@@H](C)C[C@@H](O1)[C@@H]1C[C@]3(C[C@H]1O2)NC[C@H](C)C[C@@H]3C)[C@H]1OC([C@@H](O)C2C[C@H]3O[C@@]4(CC[C@]5(CC=C[C@@H](/C=C/CCC(=O)O)O5)O4)[C@H](C)C[C@H]3O2)C[C@H](O)[C@@H]1C. The van der Waals surface area contributed by atoms with Gasteiger partial charge in [-0.25, -0.2) is 0 Å². The third-order valence-corrected chi connectivity index (χ3v) is 16.3. The summed E-state index contributed by atoms with van der Waals surface area (Å²) >= 11 is 0. The van der Waals surface area contributed by atoms with Gasteiger partial charge in [-0.3, -0.25) is 4.79 Å². The molecule has 0 aromatic rings. The minimum absolute atomic E-state index is 0.0289. The summed E-state index contributed by atoms with van der Waals surface area (Å²) in [6.07, 6.45) is 13.8. The second-order valence-corrected chi connectivity index (χ2v) is 20.8. The number of ether oxygens (including phenoxy) is 7. The molecular formula is C47H71NO11. The Morgan fingerprint density at radius 2 is 1.68 bits per heavy atom. The summed E-state index contributed by atoms with van der Waals surface area (Å²) in [5.41, 5.74) is 0.944. The van der Waals surface area contributed by atoms with Gasteiger partial charge in [-0.05, 0) is 68.4 Å². The van der Waals surface area contributed by atoms with Crippen LogP contribution in [0, 0.1) is 35.5 Å². The second kappa shape index (κ2) is 16.1. The Morgan fingerprint density at radius 1 is 0.881 bits per heavy atom. The summed E-state index contributed by atoms with van der Waals surface area (Å²) in [6, 6.07) is 0. The van der Waals surface area contributed by atoms with Gasteiger partial charge in [0.1, 0.15) is 6.10 Å². The zero-order valence-corrected chi connectivity index (χ0v) is 36.0. The quantitative estimate of drug-likeness (QED) is 0.192. The van der Waals surface area contributed by atoms with Crippen LogP contribution in [0.5, 0.6) is 0 Å². The molecule has 0 radical (unpaired) electrons. The van der Waals surface area contributed by atoms with E-state index in [-0.39, 0.29) is 54.3 Å². The fraction of sp³-hybridized carbons (Fsp3) is 0.851. The molecule has 4 N–H and O–H groups in total. The Balaban J connectivity index is 0.828. The highest BCUT2D eigenvalue weighted by atomic mass is 16.8. The van der Waals surface area contributed by atoms with E-state index in [1.54, 1.807) is 0 Å². The third kappa shape index (κ3) is 8.08. The molecule has 7 saturated heterocycles. The molecule has 8 aliphatic heterocycles. The highest BCUT2D eigenvalue weighted by Gasteiger charge is 2.62. The van der Waals surface area contributed by atoms with Crippen molar-refractivity contribution >= 4 is 5.97 Å². The van der Waals surface area contributed by atoms with E-state index in [0.29, 0.717) is 68.6 Å². The number of hydrogen-bond donors (Lipinski definition) is 4. The number of carboxylic acid groups (broad SMARTS) is 1. The number of carbonyl (C=O) groups is 1. The molecule has 1 saturated carbocycles. The maximum atomic E-state index is 12.0. The van der Waals surface area contributed by atoms with E-state index in [0.717, 1.165) is 44.2 Å². The molecule has 9 rings (SSSR count). The van der Waals surface area contributed by atoms with Crippen LogP contribution >= 0.6 is 0 Å². The predicted octanol–water partition coefficient (Wildman–Crippen LogP) is 6.32. The van der Waals surface area contributed by atoms with Crippen molar-refractivity contribution in [2.24, 2.45) is 35.5 Å². The molecule has 0 aromatic carbocycles. The van der Waals surface area contributed by atoms with Crippen LogP contribution in [0.3, 0.4) is 0 Å². The monoisotopic (exact) mass is 826 g/mol. The summed E-state index contributed by atoms with van der Waals surface area (Å²) in [5, 5.41) is 36.4. The molecule has 59 heavy (non-hydrogen) atoms. The minimum atomic E-state index is -0.966.